The van der Waals surface area contributed by atoms with Crippen molar-refractivity contribution in [2.75, 3.05) is 5.32 Å². The van der Waals surface area contributed by atoms with Crippen molar-refractivity contribution in [2.45, 2.75) is 44.6 Å². The van der Waals surface area contributed by atoms with Crippen LogP contribution in [-0.2, 0) is 0 Å². The molecule has 1 aromatic heterocycles. The molecule has 2 N–H and O–H groups in total. The van der Waals surface area contributed by atoms with Gasteiger partial charge in [-0.25, -0.2) is 4.98 Å². The molecule has 1 heterocycles. The van der Waals surface area contributed by atoms with Crippen molar-refractivity contribution in [1.82, 2.24) is 10.3 Å². The minimum Gasteiger partial charge on any atom is -0.360 e. The molecule has 0 unspecified atom stereocenters. The molecule has 1 aliphatic carbocycles. The lowest BCUT2D eigenvalue weighted by molar-refractivity contribution is -0.385. The van der Waals surface area contributed by atoms with Gasteiger partial charge in [-0.05, 0) is 31.1 Å². The molecule has 108 valence electrons. The van der Waals surface area contributed by atoms with Gasteiger partial charge in [0.2, 0.25) is 0 Å². The Hall–Kier alpha value is -1.76. The van der Waals surface area contributed by atoms with Gasteiger partial charge in [-0.3, -0.25) is 10.1 Å². The van der Waals surface area contributed by atoms with Crippen LogP contribution in [0.5, 0.6) is 0 Å². The van der Waals surface area contributed by atoms with Gasteiger partial charge in [0.25, 0.3) is 5.69 Å². The molecule has 20 heavy (non-hydrogen) atoms. The molecule has 0 bridgehead atoms. The first kappa shape index (κ1) is 14.6. The van der Waals surface area contributed by atoms with Gasteiger partial charge in [-0.2, -0.15) is 0 Å². The fourth-order valence-corrected chi connectivity index (χ4v) is 2.60. The van der Waals surface area contributed by atoms with E-state index in [2.05, 4.69) is 15.6 Å². The van der Waals surface area contributed by atoms with Gasteiger partial charge >= 0.3 is 0 Å². The average molecular weight is 294 g/mol. The molecule has 0 saturated heterocycles. The predicted octanol–water partition coefficient (Wildman–Crippen LogP) is 3.00. The van der Waals surface area contributed by atoms with Gasteiger partial charge in [0, 0.05) is 12.1 Å². The zero-order valence-electron chi connectivity index (χ0n) is 11.2. The molecule has 0 aliphatic heterocycles. The van der Waals surface area contributed by atoms with E-state index in [0.717, 1.165) is 12.8 Å². The van der Waals surface area contributed by atoms with Gasteiger partial charge in [-0.15, -0.1) is 0 Å². The summed E-state index contributed by atoms with van der Waals surface area (Å²) in [7, 11) is 0. The van der Waals surface area contributed by atoms with E-state index in [1.54, 1.807) is 6.07 Å². The first-order valence-electron chi connectivity index (χ1n) is 6.83. The molecule has 2 rings (SSSR count). The number of nitrogens with zero attached hydrogens (tertiary/aromatic N) is 2. The van der Waals surface area contributed by atoms with Crippen LogP contribution in [0.3, 0.4) is 0 Å². The zero-order chi connectivity index (χ0) is 14.4. The zero-order valence-corrected chi connectivity index (χ0v) is 12.0. The Kier molecular flexibility index (Phi) is 5.23. The maximum absolute atomic E-state index is 10.5. The lowest BCUT2D eigenvalue weighted by atomic mass is 10.1. The number of hydrogen-bond acceptors (Lipinski definition) is 4. The number of nitrogens with one attached hydrogen (secondary N) is 2. The maximum atomic E-state index is 10.5. The maximum Gasteiger partial charge on any atom is 0.287 e. The van der Waals surface area contributed by atoms with E-state index in [1.165, 1.54) is 37.9 Å². The molecule has 7 heteroatoms. The van der Waals surface area contributed by atoms with Crippen LogP contribution >= 0.6 is 12.2 Å². The largest absolute Gasteiger partial charge is 0.360 e. The number of rotatable bonds is 3. The standard InChI is InChI=1S/C13H18N4O2S/c18-17(19)11-7-8-12(14-9-11)16-13(20)15-10-5-3-1-2-4-6-10/h7-10H,1-6H2,(H2,14,15,16,20). The van der Waals surface area contributed by atoms with E-state index in [-0.39, 0.29) is 5.69 Å². The summed E-state index contributed by atoms with van der Waals surface area (Å²) < 4.78 is 0. The molecule has 1 aromatic rings. The third-order valence-corrected chi connectivity index (χ3v) is 3.61. The number of hydrogen-bond donors (Lipinski definition) is 2. The summed E-state index contributed by atoms with van der Waals surface area (Å²) in [5, 5.41) is 17.3. The highest BCUT2D eigenvalue weighted by molar-refractivity contribution is 7.80. The van der Waals surface area contributed by atoms with Crippen LogP contribution in [0.1, 0.15) is 38.5 Å². The summed E-state index contributed by atoms with van der Waals surface area (Å²) in [6, 6.07) is 3.37. The second-order valence-electron chi connectivity index (χ2n) is 4.95. The Labute approximate surface area is 123 Å². The van der Waals surface area contributed by atoms with Gasteiger partial charge < -0.3 is 10.6 Å². The fraction of sp³-hybridized carbons (Fsp3) is 0.538. The molecule has 0 aromatic carbocycles. The lowest BCUT2D eigenvalue weighted by Crippen LogP contribution is -2.37. The first-order valence-corrected chi connectivity index (χ1v) is 7.24. The summed E-state index contributed by atoms with van der Waals surface area (Å²) in [4.78, 5) is 14.0. The van der Waals surface area contributed by atoms with Gasteiger partial charge in [0.05, 0.1) is 4.92 Å². The fourth-order valence-electron chi connectivity index (χ4n) is 2.33. The molecular formula is C13H18N4O2S. The highest BCUT2D eigenvalue weighted by Gasteiger charge is 2.13. The minimum absolute atomic E-state index is 0.0294. The Balaban J connectivity index is 1.85. The highest BCUT2D eigenvalue weighted by Crippen LogP contribution is 2.17. The normalized spacial score (nSPS) is 16.2. The van der Waals surface area contributed by atoms with E-state index in [9.17, 15) is 10.1 Å². The van der Waals surface area contributed by atoms with Crippen molar-refractivity contribution in [3.63, 3.8) is 0 Å². The SMILES string of the molecule is O=[N+]([O-])c1ccc(NC(=S)NC2CCCCCC2)nc1. The van der Waals surface area contributed by atoms with Crippen molar-refractivity contribution in [3.8, 4) is 0 Å². The quantitative estimate of drug-likeness (QED) is 0.386. The van der Waals surface area contributed by atoms with Crippen molar-refractivity contribution < 1.29 is 4.92 Å². The summed E-state index contributed by atoms with van der Waals surface area (Å²) >= 11 is 5.25. The van der Waals surface area contributed by atoms with Crippen molar-refractivity contribution in [1.29, 1.82) is 0 Å². The molecule has 0 amide bonds. The second-order valence-corrected chi connectivity index (χ2v) is 5.35. The number of nitro groups is 1. The first-order chi connectivity index (χ1) is 9.65. The van der Waals surface area contributed by atoms with E-state index in [1.807, 2.05) is 0 Å². The Morgan fingerprint density at radius 1 is 1.30 bits per heavy atom. The molecule has 1 saturated carbocycles. The monoisotopic (exact) mass is 294 g/mol. The lowest BCUT2D eigenvalue weighted by Gasteiger charge is -2.18. The van der Waals surface area contributed by atoms with E-state index in [4.69, 9.17) is 12.2 Å². The van der Waals surface area contributed by atoms with E-state index in [0.29, 0.717) is 17.0 Å². The minimum atomic E-state index is -0.473. The number of pyridine rings is 1. The molecule has 0 radical (unpaired) electrons. The topological polar surface area (TPSA) is 80.1 Å². The van der Waals surface area contributed by atoms with Gasteiger partial charge in [0.15, 0.2) is 5.11 Å². The summed E-state index contributed by atoms with van der Waals surface area (Å²) in [5.74, 6) is 0.515. The summed E-state index contributed by atoms with van der Waals surface area (Å²) in [6.45, 7) is 0. The molecule has 1 aliphatic rings. The van der Waals surface area contributed by atoms with Gasteiger partial charge in [0.1, 0.15) is 12.0 Å². The average Bonchev–Trinajstić information content (AvgIpc) is 2.68. The Morgan fingerprint density at radius 2 is 2.00 bits per heavy atom. The molecule has 1 fully saturated rings. The number of anilines is 1. The smallest absolute Gasteiger partial charge is 0.287 e. The van der Waals surface area contributed by atoms with Crippen molar-refractivity contribution in [2.24, 2.45) is 0 Å². The molecule has 0 atom stereocenters. The molecule has 0 spiro atoms. The number of thiocarbonyl (C=S) groups is 1. The summed E-state index contributed by atoms with van der Waals surface area (Å²) in [5.41, 5.74) is -0.0294. The van der Waals surface area contributed by atoms with Crippen molar-refractivity contribution >= 4 is 28.8 Å². The number of aromatic nitrogens is 1. The van der Waals surface area contributed by atoms with E-state index < -0.39 is 4.92 Å². The Morgan fingerprint density at radius 3 is 2.55 bits per heavy atom. The van der Waals surface area contributed by atoms with Crippen LogP contribution < -0.4 is 10.6 Å². The van der Waals surface area contributed by atoms with Crippen LogP contribution in [-0.4, -0.2) is 21.1 Å². The second kappa shape index (κ2) is 7.14. The van der Waals surface area contributed by atoms with Crippen molar-refractivity contribution in [3.05, 3.63) is 28.4 Å². The highest BCUT2D eigenvalue weighted by atomic mass is 32.1. The van der Waals surface area contributed by atoms with Crippen LogP contribution in [0.4, 0.5) is 11.5 Å². The van der Waals surface area contributed by atoms with Crippen LogP contribution in [0.2, 0.25) is 0 Å². The molecule has 6 nitrogen and oxygen atoms in total. The van der Waals surface area contributed by atoms with Crippen LogP contribution in [0, 0.1) is 10.1 Å². The Bertz CT molecular complexity index is 470. The van der Waals surface area contributed by atoms with E-state index >= 15 is 0 Å². The summed E-state index contributed by atoms with van der Waals surface area (Å²) in [6.07, 6.45) is 8.54. The third kappa shape index (κ3) is 4.41. The molecular weight excluding hydrogens is 276 g/mol. The van der Waals surface area contributed by atoms with Crippen LogP contribution in [0.25, 0.3) is 0 Å². The predicted molar refractivity (Wildman–Crippen MR) is 81.7 cm³/mol. The van der Waals surface area contributed by atoms with Crippen LogP contribution in [0.15, 0.2) is 18.3 Å². The van der Waals surface area contributed by atoms with Gasteiger partial charge in [-0.1, -0.05) is 25.7 Å². The third-order valence-electron chi connectivity index (χ3n) is 3.39.